The number of carbonyl (C=O) groups excluding carboxylic acids is 1. The van der Waals surface area contributed by atoms with E-state index in [0.29, 0.717) is 5.69 Å². The van der Waals surface area contributed by atoms with Crippen LogP contribution in [0.25, 0.3) is 0 Å². The first kappa shape index (κ1) is 18.7. The summed E-state index contributed by atoms with van der Waals surface area (Å²) < 4.78 is 15.3. The number of thioether (sulfide) groups is 1. The van der Waals surface area contributed by atoms with E-state index in [-0.39, 0.29) is 11.7 Å². The highest BCUT2D eigenvalue weighted by molar-refractivity contribution is 8.00. The van der Waals surface area contributed by atoms with Crippen LogP contribution in [0.3, 0.4) is 0 Å². The molecule has 1 aromatic heterocycles. The Balaban J connectivity index is 1.60. The van der Waals surface area contributed by atoms with Crippen LogP contribution in [0.2, 0.25) is 0 Å². The first-order chi connectivity index (χ1) is 13.7. The summed E-state index contributed by atoms with van der Waals surface area (Å²) >= 11 is 1.41. The number of hydrogen-bond donors (Lipinski definition) is 1. The number of benzene rings is 2. The molecule has 0 radical (unpaired) electrons. The molecular weight excluding hydrogens is 375 g/mol. The molecule has 0 spiro atoms. The Hall–Kier alpha value is -2.67. The average molecular weight is 396 g/mol. The molecule has 28 heavy (non-hydrogen) atoms. The lowest BCUT2D eigenvalue weighted by atomic mass is 10.1. The molecule has 0 saturated heterocycles. The molecule has 5 nitrogen and oxygen atoms in total. The first-order valence-electron chi connectivity index (χ1n) is 9.41. The number of amides is 1. The standard InChI is InChI=1S/C21H21FN4OS/c22-16-10-12-17(13-11-16)23-20(27)19(15-7-3-1-4-8-15)28-21-25-24-18-9-5-2-6-14-26(18)21/h1,3-4,7-8,10-13,19H,2,5-6,9,14H2,(H,23,27)/t19-/m0/s1. The van der Waals surface area contributed by atoms with Gasteiger partial charge in [0.2, 0.25) is 5.91 Å². The fourth-order valence-corrected chi connectivity index (χ4v) is 4.37. The molecule has 7 heteroatoms. The zero-order valence-electron chi connectivity index (χ0n) is 15.3. The van der Waals surface area contributed by atoms with E-state index in [1.165, 1.54) is 30.3 Å². The molecule has 2 aromatic carbocycles. The van der Waals surface area contributed by atoms with Gasteiger partial charge in [0.25, 0.3) is 0 Å². The maximum atomic E-state index is 13.2. The van der Waals surface area contributed by atoms with Gasteiger partial charge in [-0.05, 0) is 42.7 Å². The Bertz CT molecular complexity index is 943. The second-order valence-corrected chi connectivity index (χ2v) is 7.84. The van der Waals surface area contributed by atoms with E-state index in [4.69, 9.17) is 0 Å². The van der Waals surface area contributed by atoms with Gasteiger partial charge in [-0.1, -0.05) is 48.5 Å². The number of fused-ring (bicyclic) bond motifs is 1. The third-order valence-electron chi connectivity index (χ3n) is 4.75. The fraction of sp³-hybridized carbons (Fsp3) is 0.286. The number of carbonyl (C=O) groups is 1. The molecule has 1 atom stereocenters. The van der Waals surface area contributed by atoms with E-state index in [0.717, 1.165) is 42.4 Å². The van der Waals surface area contributed by atoms with Crippen LogP contribution in [0, 0.1) is 5.82 Å². The minimum absolute atomic E-state index is 0.172. The second-order valence-electron chi connectivity index (χ2n) is 6.77. The first-order valence-corrected chi connectivity index (χ1v) is 10.3. The van der Waals surface area contributed by atoms with Crippen molar-refractivity contribution in [2.45, 2.75) is 42.6 Å². The molecular formula is C21H21FN4OS. The summed E-state index contributed by atoms with van der Waals surface area (Å²) in [6, 6.07) is 15.4. The van der Waals surface area contributed by atoms with Crippen LogP contribution < -0.4 is 5.32 Å². The van der Waals surface area contributed by atoms with E-state index >= 15 is 0 Å². The minimum atomic E-state index is -0.484. The molecule has 144 valence electrons. The molecule has 1 amide bonds. The largest absolute Gasteiger partial charge is 0.325 e. The molecule has 0 unspecified atom stereocenters. The molecule has 4 rings (SSSR count). The minimum Gasteiger partial charge on any atom is -0.325 e. The van der Waals surface area contributed by atoms with E-state index in [1.54, 1.807) is 12.1 Å². The zero-order chi connectivity index (χ0) is 19.3. The smallest absolute Gasteiger partial charge is 0.242 e. The lowest BCUT2D eigenvalue weighted by Gasteiger charge is -2.17. The van der Waals surface area contributed by atoms with Gasteiger partial charge in [-0.15, -0.1) is 10.2 Å². The summed E-state index contributed by atoms with van der Waals surface area (Å²) in [4.78, 5) is 13.1. The van der Waals surface area contributed by atoms with Crippen molar-refractivity contribution in [3.05, 3.63) is 71.8 Å². The van der Waals surface area contributed by atoms with E-state index in [1.807, 2.05) is 30.3 Å². The molecule has 3 aromatic rings. The monoisotopic (exact) mass is 396 g/mol. The number of nitrogens with one attached hydrogen (secondary N) is 1. The van der Waals surface area contributed by atoms with Crippen LogP contribution in [0.1, 0.15) is 35.9 Å². The predicted octanol–water partition coefficient (Wildman–Crippen LogP) is 4.62. The number of rotatable bonds is 5. The summed E-state index contributed by atoms with van der Waals surface area (Å²) in [6.45, 7) is 0.881. The predicted molar refractivity (Wildman–Crippen MR) is 108 cm³/mol. The SMILES string of the molecule is O=C(Nc1ccc(F)cc1)[C@@H](Sc1nnc2n1CCCCC2)c1ccccc1. The third kappa shape index (κ3) is 4.25. The van der Waals surface area contributed by atoms with Crippen LogP contribution in [0.5, 0.6) is 0 Å². The molecule has 0 aliphatic carbocycles. The van der Waals surface area contributed by atoms with Crippen LogP contribution in [-0.2, 0) is 17.8 Å². The maximum Gasteiger partial charge on any atom is 0.242 e. The average Bonchev–Trinajstić information content (AvgIpc) is 2.94. The zero-order valence-corrected chi connectivity index (χ0v) is 16.2. The highest BCUT2D eigenvalue weighted by Crippen LogP contribution is 2.36. The lowest BCUT2D eigenvalue weighted by Crippen LogP contribution is -2.19. The summed E-state index contributed by atoms with van der Waals surface area (Å²) in [6.07, 6.45) is 4.32. The van der Waals surface area contributed by atoms with E-state index in [9.17, 15) is 9.18 Å². The van der Waals surface area contributed by atoms with Gasteiger partial charge in [0.05, 0.1) is 0 Å². The Kier molecular flexibility index (Phi) is 5.71. The van der Waals surface area contributed by atoms with Gasteiger partial charge in [-0.25, -0.2) is 4.39 Å². The Labute approximate surface area is 167 Å². The number of aromatic nitrogens is 3. The van der Waals surface area contributed by atoms with Crippen LogP contribution in [0.4, 0.5) is 10.1 Å². The van der Waals surface area contributed by atoms with Crippen LogP contribution in [-0.4, -0.2) is 20.7 Å². The summed E-state index contributed by atoms with van der Waals surface area (Å²) in [5.41, 5.74) is 1.45. The molecule has 0 bridgehead atoms. The van der Waals surface area contributed by atoms with Crippen molar-refractivity contribution in [2.24, 2.45) is 0 Å². The normalized spacial score (nSPS) is 14.8. The van der Waals surface area contributed by atoms with Crippen LogP contribution >= 0.6 is 11.8 Å². The van der Waals surface area contributed by atoms with Gasteiger partial charge in [0, 0.05) is 18.7 Å². The van der Waals surface area contributed by atoms with Gasteiger partial charge in [-0.2, -0.15) is 0 Å². The number of aryl methyl sites for hydroxylation is 1. The fourth-order valence-electron chi connectivity index (χ4n) is 3.29. The quantitative estimate of drug-likeness (QED) is 0.640. The Morgan fingerprint density at radius 1 is 1.04 bits per heavy atom. The van der Waals surface area contributed by atoms with Gasteiger partial charge >= 0.3 is 0 Å². The number of hydrogen-bond acceptors (Lipinski definition) is 4. The molecule has 1 aliphatic rings. The molecule has 2 heterocycles. The van der Waals surface area contributed by atoms with Gasteiger partial charge < -0.3 is 9.88 Å². The van der Waals surface area contributed by atoms with Crippen molar-refractivity contribution < 1.29 is 9.18 Å². The highest BCUT2D eigenvalue weighted by atomic mass is 32.2. The number of nitrogens with zero attached hydrogens (tertiary/aromatic N) is 3. The summed E-state index contributed by atoms with van der Waals surface area (Å²) in [5, 5.41) is 11.9. The number of anilines is 1. The molecule has 1 aliphatic heterocycles. The molecule has 1 N–H and O–H groups in total. The Morgan fingerprint density at radius 3 is 2.61 bits per heavy atom. The van der Waals surface area contributed by atoms with Gasteiger partial charge in [0.15, 0.2) is 5.16 Å². The van der Waals surface area contributed by atoms with Crippen molar-refractivity contribution in [1.82, 2.24) is 14.8 Å². The van der Waals surface area contributed by atoms with Crippen molar-refractivity contribution in [3.8, 4) is 0 Å². The van der Waals surface area contributed by atoms with Gasteiger partial charge in [-0.3, -0.25) is 4.79 Å². The van der Waals surface area contributed by atoms with E-state index in [2.05, 4.69) is 20.1 Å². The molecule has 0 fully saturated rings. The Morgan fingerprint density at radius 2 is 1.82 bits per heavy atom. The van der Waals surface area contributed by atoms with Gasteiger partial charge in [0.1, 0.15) is 16.9 Å². The second kappa shape index (κ2) is 8.56. The van der Waals surface area contributed by atoms with Crippen molar-refractivity contribution in [2.75, 3.05) is 5.32 Å². The topological polar surface area (TPSA) is 59.8 Å². The lowest BCUT2D eigenvalue weighted by molar-refractivity contribution is -0.115. The van der Waals surface area contributed by atoms with Crippen molar-refractivity contribution in [1.29, 1.82) is 0 Å². The summed E-state index contributed by atoms with van der Waals surface area (Å²) in [7, 11) is 0. The van der Waals surface area contributed by atoms with Crippen molar-refractivity contribution in [3.63, 3.8) is 0 Å². The molecule has 0 saturated carbocycles. The third-order valence-corrected chi connectivity index (χ3v) is 5.99. The van der Waals surface area contributed by atoms with Crippen LogP contribution in [0.15, 0.2) is 59.8 Å². The summed E-state index contributed by atoms with van der Waals surface area (Å²) in [5.74, 6) is 0.484. The van der Waals surface area contributed by atoms with Crippen molar-refractivity contribution >= 4 is 23.4 Å². The maximum absolute atomic E-state index is 13.2. The van der Waals surface area contributed by atoms with E-state index < -0.39 is 5.25 Å². The highest BCUT2D eigenvalue weighted by Gasteiger charge is 2.26. The number of halogens is 1.